The Kier molecular flexibility index (Phi) is 7.70. The average Bonchev–Trinajstić information content (AvgIpc) is 3.38. The topological polar surface area (TPSA) is 185 Å². The van der Waals surface area contributed by atoms with Gasteiger partial charge in [-0.05, 0) is 30.5 Å². The number of primary amides is 1. The first-order chi connectivity index (χ1) is 18.2. The smallest absolute Gasteiger partial charge is 0.329 e. The van der Waals surface area contributed by atoms with Gasteiger partial charge in [-0.3, -0.25) is 19.2 Å². The Bertz CT molecular complexity index is 1500. The molecule has 0 saturated carbocycles. The average molecular weight is 522 g/mol. The molecule has 1 saturated heterocycles. The van der Waals surface area contributed by atoms with E-state index in [2.05, 4.69) is 10.3 Å². The number of likely N-dealkylation sites (tertiary alicyclic amines) is 1. The van der Waals surface area contributed by atoms with Crippen LogP contribution >= 0.6 is 0 Å². The summed E-state index contributed by atoms with van der Waals surface area (Å²) in [7, 11) is 0. The largest absolute Gasteiger partial charge is 0.480 e. The molecule has 3 atom stereocenters. The highest BCUT2D eigenvalue weighted by Gasteiger charge is 2.39. The van der Waals surface area contributed by atoms with Crippen LogP contribution in [0.15, 0.2) is 64.2 Å². The number of amides is 3. The van der Waals surface area contributed by atoms with Crippen LogP contribution in [-0.4, -0.2) is 61.9 Å². The maximum absolute atomic E-state index is 13.7. The maximum atomic E-state index is 13.7. The molecular formula is C26H27N5O7. The van der Waals surface area contributed by atoms with Crippen molar-refractivity contribution in [3.63, 3.8) is 0 Å². The minimum atomic E-state index is -1.48. The second-order valence-electron chi connectivity index (χ2n) is 9.12. The van der Waals surface area contributed by atoms with Crippen molar-refractivity contribution >= 4 is 34.6 Å². The van der Waals surface area contributed by atoms with Gasteiger partial charge in [0, 0.05) is 13.0 Å². The van der Waals surface area contributed by atoms with E-state index in [9.17, 15) is 33.9 Å². The molecule has 1 aliphatic rings. The number of H-pyrrole nitrogens is 1. The van der Waals surface area contributed by atoms with Crippen LogP contribution in [0.5, 0.6) is 0 Å². The van der Waals surface area contributed by atoms with Crippen LogP contribution in [0.2, 0.25) is 0 Å². The van der Waals surface area contributed by atoms with Crippen LogP contribution in [0.1, 0.15) is 30.9 Å². The molecule has 0 spiro atoms. The van der Waals surface area contributed by atoms with Crippen LogP contribution in [0.25, 0.3) is 10.9 Å². The number of nitrogens with one attached hydrogen (secondary N) is 2. The number of aromatic nitrogens is 2. The summed E-state index contributed by atoms with van der Waals surface area (Å²) in [6, 6.07) is 11.0. The van der Waals surface area contributed by atoms with Crippen LogP contribution < -0.4 is 22.3 Å². The Hall–Kier alpha value is -4.74. The molecule has 2 aromatic carbocycles. The standard InChI is InChI=1S/C26H27N5O7/c27-21(32)14-18(24(35)30-12-6-11-19(30)25(36)37)28-22(33)20(13-15-7-2-1-3-8-15)31-23(34)16-9-4-5-10-17(16)29-26(31)38/h1-5,7-10,18-20H,6,11-14H2,(H2,27,32)(H,28,33)(H,29,38)(H,36,37)/t18-,19+,20-/m0/s1. The molecule has 0 radical (unpaired) electrons. The molecule has 4 rings (SSSR count). The minimum absolute atomic E-state index is 0.0764. The summed E-state index contributed by atoms with van der Waals surface area (Å²) in [5.74, 6) is -3.74. The number of nitrogens with two attached hydrogens (primary N) is 1. The van der Waals surface area contributed by atoms with Gasteiger partial charge in [-0.25, -0.2) is 14.2 Å². The Morgan fingerprint density at radius 3 is 2.42 bits per heavy atom. The molecule has 12 nitrogen and oxygen atoms in total. The normalized spacial score (nSPS) is 16.6. The second-order valence-corrected chi connectivity index (χ2v) is 9.12. The van der Waals surface area contributed by atoms with E-state index < -0.39 is 59.5 Å². The number of hydrogen-bond donors (Lipinski definition) is 4. The van der Waals surface area contributed by atoms with Gasteiger partial charge >= 0.3 is 11.7 Å². The molecular weight excluding hydrogens is 494 g/mol. The van der Waals surface area contributed by atoms with Crippen LogP contribution in [0.4, 0.5) is 0 Å². The highest BCUT2D eigenvalue weighted by atomic mass is 16.4. The summed E-state index contributed by atoms with van der Waals surface area (Å²) in [4.78, 5) is 80.4. The van der Waals surface area contributed by atoms with Gasteiger partial charge in [0.25, 0.3) is 5.56 Å². The third-order valence-corrected chi connectivity index (χ3v) is 6.56. The second kappa shape index (κ2) is 11.1. The van der Waals surface area contributed by atoms with Gasteiger partial charge in [0.05, 0.1) is 17.3 Å². The molecule has 1 aliphatic heterocycles. The molecule has 2 heterocycles. The summed E-state index contributed by atoms with van der Waals surface area (Å²) in [5.41, 5.74) is 4.74. The number of carbonyl (C=O) groups excluding carboxylic acids is 3. The zero-order chi connectivity index (χ0) is 27.4. The zero-order valence-corrected chi connectivity index (χ0v) is 20.3. The lowest BCUT2D eigenvalue weighted by molar-refractivity contribution is -0.149. The Labute approximate surface area is 216 Å². The summed E-state index contributed by atoms with van der Waals surface area (Å²) in [6.45, 7) is 0.137. The Morgan fingerprint density at radius 2 is 1.74 bits per heavy atom. The van der Waals surface area contributed by atoms with Crippen molar-refractivity contribution in [2.75, 3.05) is 6.54 Å². The number of aromatic amines is 1. The fourth-order valence-electron chi connectivity index (χ4n) is 4.75. The highest BCUT2D eigenvalue weighted by molar-refractivity contribution is 5.94. The van der Waals surface area contributed by atoms with E-state index in [4.69, 9.17) is 5.73 Å². The number of benzene rings is 2. The van der Waals surface area contributed by atoms with Gasteiger partial charge < -0.3 is 26.0 Å². The Balaban J connectivity index is 1.73. The number of carboxylic acid groups (broad SMARTS) is 1. The molecule has 0 aliphatic carbocycles. The fourth-order valence-corrected chi connectivity index (χ4v) is 4.75. The number of aliphatic carboxylic acids is 1. The van der Waals surface area contributed by atoms with E-state index in [1.165, 1.54) is 6.07 Å². The number of rotatable bonds is 9. The quantitative estimate of drug-likeness (QED) is 0.303. The first kappa shape index (κ1) is 26.3. The minimum Gasteiger partial charge on any atom is -0.480 e. The van der Waals surface area contributed by atoms with E-state index in [1.54, 1.807) is 48.5 Å². The molecule has 1 fully saturated rings. The molecule has 5 N–H and O–H groups in total. The molecule has 38 heavy (non-hydrogen) atoms. The molecule has 198 valence electrons. The van der Waals surface area contributed by atoms with Crippen molar-refractivity contribution in [3.05, 3.63) is 81.0 Å². The van der Waals surface area contributed by atoms with Gasteiger partial charge in [-0.1, -0.05) is 42.5 Å². The monoisotopic (exact) mass is 521 g/mol. The van der Waals surface area contributed by atoms with E-state index in [0.29, 0.717) is 17.5 Å². The lowest BCUT2D eigenvalue weighted by Crippen LogP contribution is -2.55. The van der Waals surface area contributed by atoms with Gasteiger partial charge in [0.1, 0.15) is 18.1 Å². The van der Waals surface area contributed by atoms with Crippen molar-refractivity contribution in [1.29, 1.82) is 0 Å². The molecule has 12 heteroatoms. The highest BCUT2D eigenvalue weighted by Crippen LogP contribution is 2.20. The SMILES string of the molecule is NC(=O)C[C@H](NC(=O)[C@H](Cc1ccccc1)n1c(=O)[nH]c2ccccc2c1=O)C(=O)N1CCC[C@@H]1C(=O)O. The van der Waals surface area contributed by atoms with Crippen molar-refractivity contribution < 1.29 is 24.3 Å². The van der Waals surface area contributed by atoms with Gasteiger partial charge in [-0.2, -0.15) is 0 Å². The number of para-hydroxylation sites is 1. The lowest BCUT2D eigenvalue weighted by atomic mass is 10.0. The maximum Gasteiger partial charge on any atom is 0.329 e. The number of nitrogens with zero attached hydrogens (tertiary/aromatic N) is 2. The number of carbonyl (C=O) groups is 4. The molecule has 1 aromatic heterocycles. The van der Waals surface area contributed by atoms with Crippen LogP contribution in [0.3, 0.4) is 0 Å². The Morgan fingerprint density at radius 1 is 1.05 bits per heavy atom. The van der Waals surface area contributed by atoms with Crippen LogP contribution in [-0.2, 0) is 25.6 Å². The molecule has 0 bridgehead atoms. The molecule has 3 aromatic rings. The lowest BCUT2D eigenvalue weighted by Gasteiger charge is -2.28. The van der Waals surface area contributed by atoms with Gasteiger partial charge in [0.2, 0.25) is 17.7 Å². The number of fused-ring (bicyclic) bond motifs is 1. The van der Waals surface area contributed by atoms with Crippen molar-refractivity contribution in [2.45, 2.75) is 43.8 Å². The third kappa shape index (κ3) is 5.48. The first-order valence-electron chi connectivity index (χ1n) is 12.1. The van der Waals surface area contributed by atoms with E-state index in [0.717, 1.165) is 9.47 Å². The summed E-state index contributed by atoms with van der Waals surface area (Å²) in [6.07, 6.45) is 0.0105. The number of carboxylic acids is 1. The van der Waals surface area contributed by atoms with Crippen molar-refractivity contribution in [2.24, 2.45) is 5.73 Å². The van der Waals surface area contributed by atoms with Crippen molar-refractivity contribution in [3.8, 4) is 0 Å². The van der Waals surface area contributed by atoms with E-state index in [-0.39, 0.29) is 24.8 Å². The summed E-state index contributed by atoms with van der Waals surface area (Å²) >= 11 is 0. The summed E-state index contributed by atoms with van der Waals surface area (Å²) in [5, 5.41) is 12.1. The predicted octanol–water partition coefficient (Wildman–Crippen LogP) is -0.0906. The number of hydrogen-bond acceptors (Lipinski definition) is 6. The molecule has 0 unspecified atom stereocenters. The van der Waals surface area contributed by atoms with Gasteiger partial charge in [-0.15, -0.1) is 0 Å². The van der Waals surface area contributed by atoms with Crippen LogP contribution in [0, 0.1) is 0 Å². The van der Waals surface area contributed by atoms with Gasteiger partial charge in [0.15, 0.2) is 0 Å². The zero-order valence-electron chi connectivity index (χ0n) is 20.3. The fraction of sp³-hybridized carbons (Fsp3) is 0.308. The van der Waals surface area contributed by atoms with Crippen molar-refractivity contribution in [1.82, 2.24) is 19.8 Å². The first-order valence-corrected chi connectivity index (χ1v) is 12.1. The van der Waals surface area contributed by atoms with E-state index in [1.807, 2.05) is 0 Å². The molecule has 3 amide bonds. The van der Waals surface area contributed by atoms with E-state index >= 15 is 0 Å². The third-order valence-electron chi connectivity index (χ3n) is 6.56. The summed E-state index contributed by atoms with van der Waals surface area (Å²) < 4.78 is 0.784. The predicted molar refractivity (Wildman–Crippen MR) is 136 cm³/mol.